The van der Waals surface area contributed by atoms with Gasteiger partial charge in [-0.3, -0.25) is 24.0 Å². The van der Waals surface area contributed by atoms with E-state index < -0.39 is 66.7 Å². The Morgan fingerprint density at radius 1 is 0.660 bits per heavy atom. The van der Waals surface area contributed by atoms with Crippen LogP contribution in [0.2, 0.25) is 0 Å². The van der Waals surface area contributed by atoms with E-state index in [1.54, 1.807) is 60.7 Å². The molecule has 0 radical (unpaired) electrons. The van der Waals surface area contributed by atoms with Crippen molar-refractivity contribution in [1.29, 1.82) is 0 Å². The second kappa shape index (κ2) is 18.0. The Labute approximate surface area is 289 Å². The predicted octanol–water partition coefficient (Wildman–Crippen LogP) is 1.54. The first-order valence-corrected chi connectivity index (χ1v) is 16.2. The quantitative estimate of drug-likeness (QED) is 0.167. The first-order chi connectivity index (χ1) is 24.0. The largest absolute Gasteiger partial charge is 0.508 e. The summed E-state index contributed by atoms with van der Waals surface area (Å²) in [5, 5.41) is 22.6. The van der Waals surface area contributed by atoms with Gasteiger partial charge in [0.05, 0.1) is 13.1 Å². The molecule has 3 aromatic rings. The summed E-state index contributed by atoms with van der Waals surface area (Å²) < 4.78 is 5.75. The van der Waals surface area contributed by atoms with Crippen molar-refractivity contribution in [3.8, 4) is 11.5 Å². The third-order valence-electron chi connectivity index (χ3n) is 7.66. The Morgan fingerprint density at radius 3 is 1.98 bits per heavy atom. The van der Waals surface area contributed by atoms with Crippen LogP contribution in [0, 0.1) is 5.92 Å². The summed E-state index contributed by atoms with van der Waals surface area (Å²) in [4.78, 5) is 79.0. The van der Waals surface area contributed by atoms with E-state index in [9.17, 15) is 33.9 Å². The summed E-state index contributed by atoms with van der Waals surface area (Å²) in [7, 11) is 0. The Morgan fingerprint density at radius 2 is 1.28 bits per heavy atom. The van der Waals surface area contributed by atoms with Crippen molar-refractivity contribution in [3.05, 3.63) is 102 Å². The topological polar surface area (TPSA) is 192 Å². The number of phenols is 1. The first kappa shape index (κ1) is 36.8. The van der Waals surface area contributed by atoms with Crippen LogP contribution in [-0.2, 0) is 41.6 Å². The number of fused-ring (bicyclic) bond motifs is 1. The van der Waals surface area contributed by atoms with E-state index in [0.29, 0.717) is 11.1 Å². The van der Waals surface area contributed by atoms with Gasteiger partial charge in [0.15, 0.2) is 0 Å². The molecule has 0 aromatic heterocycles. The van der Waals surface area contributed by atoms with E-state index >= 15 is 0 Å². The number of carbonyl (C=O) groups is 6. The molecule has 1 heterocycles. The highest BCUT2D eigenvalue weighted by Crippen LogP contribution is 2.21. The fraction of sp³-hybridized carbons (Fsp3) is 0.297. The molecule has 0 spiro atoms. The van der Waals surface area contributed by atoms with Crippen molar-refractivity contribution in [1.82, 2.24) is 26.6 Å². The van der Waals surface area contributed by atoms with Crippen molar-refractivity contribution in [2.75, 3.05) is 13.1 Å². The average molecular weight is 684 g/mol. The molecule has 0 aliphatic carbocycles. The summed E-state index contributed by atoms with van der Waals surface area (Å²) in [6.45, 7) is 2.77. The van der Waals surface area contributed by atoms with E-state index in [0.717, 1.165) is 5.56 Å². The van der Waals surface area contributed by atoms with Crippen LogP contribution in [0.25, 0.3) is 6.08 Å². The lowest BCUT2D eigenvalue weighted by atomic mass is 10.0. The van der Waals surface area contributed by atoms with Gasteiger partial charge < -0.3 is 36.4 Å². The summed E-state index contributed by atoms with van der Waals surface area (Å²) in [6, 6.07) is 18.3. The van der Waals surface area contributed by atoms with Gasteiger partial charge >= 0.3 is 5.97 Å². The maximum atomic E-state index is 13.6. The number of hydrogen-bond acceptors (Lipinski definition) is 8. The van der Waals surface area contributed by atoms with Crippen molar-refractivity contribution in [2.24, 2.45) is 5.92 Å². The molecule has 0 saturated carbocycles. The Balaban J connectivity index is 1.64. The number of ether oxygens (including phenoxy) is 1. The zero-order chi connectivity index (χ0) is 36.0. The number of amides is 5. The van der Waals surface area contributed by atoms with Crippen LogP contribution in [0.1, 0.15) is 37.0 Å². The van der Waals surface area contributed by atoms with Crippen LogP contribution in [-0.4, -0.2) is 71.8 Å². The maximum Gasteiger partial charge on any atom is 0.334 e. The van der Waals surface area contributed by atoms with E-state index in [4.69, 9.17) is 4.74 Å². The monoisotopic (exact) mass is 683 g/mol. The van der Waals surface area contributed by atoms with E-state index in [1.165, 1.54) is 24.3 Å². The molecule has 13 heteroatoms. The smallest absolute Gasteiger partial charge is 0.334 e. The first-order valence-electron chi connectivity index (χ1n) is 16.2. The highest BCUT2D eigenvalue weighted by Gasteiger charge is 2.29. The number of nitrogens with one attached hydrogen (secondary N) is 5. The van der Waals surface area contributed by atoms with Crippen molar-refractivity contribution in [2.45, 2.75) is 51.2 Å². The van der Waals surface area contributed by atoms with Gasteiger partial charge in [-0.2, -0.15) is 0 Å². The molecule has 4 rings (SSSR count). The molecule has 1 aliphatic heterocycles. The third kappa shape index (κ3) is 11.6. The summed E-state index contributed by atoms with van der Waals surface area (Å²) >= 11 is 0. The van der Waals surface area contributed by atoms with E-state index in [-0.39, 0.29) is 36.7 Å². The van der Waals surface area contributed by atoms with Gasteiger partial charge in [0.2, 0.25) is 29.5 Å². The lowest BCUT2D eigenvalue weighted by molar-refractivity contribution is -0.140. The van der Waals surface area contributed by atoms with E-state index in [1.807, 2.05) is 19.9 Å². The van der Waals surface area contributed by atoms with Crippen LogP contribution in [0.3, 0.4) is 0 Å². The molecule has 13 nitrogen and oxygen atoms in total. The molecule has 3 atom stereocenters. The lowest BCUT2D eigenvalue weighted by Gasteiger charge is -2.24. The fourth-order valence-electron chi connectivity index (χ4n) is 5.15. The summed E-state index contributed by atoms with van der Waals surface area (Å²) in [6.07, 6.45) is 2.97. The van der Waals surface area contributed by atoms with E-state index in [2.05, 4.69) is 26.6 Å². The number of para-hydroxylation sites is 1. The minimum absolute atomic E-state index is 0.0237. The van der Waals surface area contributed by atoms with Crippen molar-refractivity contribution in [3.63, 3.8) is 0 Å². The van der Waals surface area contributed by atoms with Crippen LogP contribution in [0.4, 0.5) is 0 Å². The molecule has 0 unspecified atom stereocenters. The molecule has 50 heavy (non-hydrogen) atoms. The van der Waals surface area contributed by atoms with Crippen LogP contribution < -0.4 is 31.3 Å². The predicted molar refractivity (Wildman–Crippen MR) is 184 cm³/mol. The van der Waals surface area contributed by atoms with Crippen LogP contribution in [0.15, 0.2) is 84.9 Å². The minimum Gasteiger partial charge on any atom is -0.508 e. The van der Waals surface area contributed by atoms with Crippen LogP contribution >= 0.6 is 0 Å². The number of hydrogen-bond donors (Lipinski definition) is 6. The van der Waals surface area contributed by atoms with Gasteiger partial charge in [0.25, 0.3) is 0 Å². The third-order valence-corrected chi connectivity index (χ3v) is 7.66. The average Bonchev–Trinajstić information content (AvgIpc) is 3.09. The SMILES string of the molecule is CC(C)C[C@@H]1NC(=O)[C@H](Cc2ccccc2)NC(=O)CNC(=O)CNC(=O)[C@H](Cc2ccc(O)cc2)NC(=O)/C=C\c2ccccc2OC1=O. The highest BCUT2D eigenvalue weighted by atomic mass is 16.5. The number of phenolic OH excluding ortho intramolecular Hbond substituents is 1. The molecule has 6 N–H and O–H groups in total. The molecule has 0 saturated heterocycles. The second-order valence-electron chi connectivity index (χ2n) is 12.2. The minimum atomic E-state index is -1.12. The Bertz CT molecular complexity index is 1710. The normalized spacial score (nSPS) is 20.5. The number of carbonyl (C=O) groups excluding carboxylic acids is 6. The van der Waals surface area contributed by atoms with Gasteiger partial charge in [-0.05, 0) is 47.7 Å². The Kier molecular flexibility index (Phi) is 13.2. The van der Waals surface area contributed by atoms with Gasteiger partial charge in [0, 0.05) is 24.5 Å². The molecule has 262 valence electrons. The van der Waals surface area contributed by atoms with Gasteiger partial charge in [-0.15, -0.1) is 0 Å². The van der Waals surface area contributed by atoms with Gasteiger partial charge in [-0.1, -0.05) is 74.5 Å². The lowest BCUT2D eigenvalue weighted by Crippen LogP contribution is -2.55. The molecule has 5 amide bonds. The zero-order valence-electron chi connectivity index (χ0n) is 27.8. The summed E-state index contributed by atoms with van der Waals surface area (Å²) in [5.41, 5.74) is 1.75. The van der Waals surface area contributed by atoms with Crippen LogP contribution in [0.5, 0.6) is 11.5 Å². The highest BCUT2D eigenvalue weighted by molar-refractivity contribution is 5.97. The molecule has 0 fully saturated rings. The molecule has 1 aliphatic rings. The number of esters is 1. The molecular formula is C37H41N5O8. The summed E-state index contributed by atoms with van der Waals surface area (Å²) in [5.74, 6) is -3.91. The number of benzene rings is 3. The van der Waals surface area contributed by atoms with Gasteiger partial charge in [-0.25, -0.2) is 4.79 Å². The number of rotatable bonds is 6. The maximum absolute atomic E-state index is 13.6. The Hall–Kier alpha value is -5.98. The fourth-order valence-corrected chi connectivity index (χ4v) is 5.15. The van der Waals surface area contributed by atoms with Crippen molar-refractivity contribution >= 4 is 41.6 Å². The molecule has 3 aromatic carbocycles. The standard InChI is InChI=1S/C37H41N5O8/c1-23(2)18-30-37(49)50-31-11-7-6-10-26(31)14-17-32(44)40-28(20-25-12-15-27(43)16-13-25)35(47)39-21-33(45)38-22-34(46)41-29(36(48)42-30)19-24-8-4-3-5-9-24/h3-17,23,28-30,43H,18-22H2,1-2H3,(H,38,45)(H,39,47)(H,40,44)(H,41,46)(H,42,48)/b17-14-/t28-,29-,30-/m0/s1. The molecular weight excluding hydrogens is 642 g/mol. The second-order valence-corrected chi connectivity index (χ2v) is 12.2. The number of aromatic hydroxyl groups is 1. The van der Waals surface area contributed by atoms with Crippen molar-refractivity contribution < 1.29 is 38.6 Å². The van der Waals surface area contributed by atoms with Gasteiger partial charge in [0.1, 0.15) is 29.6 Å². The zero-order valence-corrected chi connectivity index (χ0v) is 27.8. The molecule has 0 bridgehead atoms.